The molecule has 0 radical (unpaired) electrons. The lowest BCUT2D eigenvalue weighted by Crippen LogP contribution is -2.34. The predicted molar refractivity (Wildman–Crippen MR) is 96.1 cm³/mol. The zero-order valence-corrected chi connectivity index (χ0v) is 14.2. The zero-order valence-electron chi connectivity index (χ0n) is 13.4. The lowest BCUT2D eigenvalue weighted by Gasteiger charge is -2.24. The van der Waals surface area contributed by atoms with Gasteiger partial charge >= 0.3 is 0 Å². The first-order valence-electron chi connectivity index (χ1n) is 7.54. The van der Waals surface area contributed by atoms with Gasteiger partial charge in [0.2, 0.25) is 5.91 Å². The third-order valence-electron chi connectivity index (χ3n) is 4.28. The predicted octanol–water partition coefficient (Wildman–Crippen LogP) is 5.05. The van der Waals surface area contributed by atoms with Crippen LogP contribution >= 0.6 is 11.6 Å². The number of amides is 1. The number of fused-ring (bicyclic) bond motifs is 1. The van der Waals surface area contributed by atoms with Crippen molar-refractivity contribution in [1.29, 1.82) is 0 Å². The Morgan fingerprint density at radius 2 is 1.91 bits per heavy atom. The van der Waals surface area contributed by atoms with Crippen molar-refractivity contribution >= 4 is 34.1 Å². The molecular formula is C19H19ClN2O. The molecule has 2 aromatic carbocycles. The topological polar surface area (TPSA) is 44.9 Å². The second-order valence-corrected chi connectivity index (χ2v) is 6.72. The lowest BCUT2D eigenvalue weighted by molar-refractivity contribution is -0.120. The van der Waals surface area contributed by atoms with E-state index < -0.39 is 5.41 Å². The van der Waals surface area contributed by atoms with Crippen molar-refractivity contribution in [3.8, 4) is 0 Å². The maximum Gasteiger partial charge on any atom is 0.234 e. The highest BCUT2D eigenvalue weighted by Gasteiger charge is 2.32. The Kier molecular flexibility index (Phi) is 3.90. The molecule has 0 atom stereocenters. The number of halogens is 1. The number of aromatic nitrogens is 1. The van der Waals surface area contributed by atoms with Crippen LogP contribution in [0, 0.1) is 6.92 Å². The minimum atomic E-state index is -0.689. The van der Waals surface area contributed by atoms with E-state index in [0.29, 0.717) is 5.02 Å². The molecule has 0 aliphatic rings. The molecule has 1 aromatic heterocycles. The molecule has 3 rings (SSSR count). The third kappa shape index (κ3) is 2.84. The van der Waals surface area contributed by atoms with Crippen LogP contribution in [0.5, 0.6) is 0 Å². The fourth-order valence-corrected chi connectivity index (χ4v) is 2.90. The highest BCUT2D eigenvalue weighted by atomic mass is 35.5. The van der Waals surface area contributed by atoms with Crippen molar-refractivity contribution in [2.45, 2.75) is 26.2 Å². The number of anilines is 1. The van der Waals surface area contributed by atoms with Gasteiger partial charge in [0.15, 0.2) is 0 Å². The second kappa shape index (κ2) is 5.74. The number of carbonyl (C=O) groups excluding carboxylic acids is 1. The molecule has 0 aliphatic heterocycles. The van der Waals surface area contributed by atoms with Crippen molar-refractivity contribution in [2.75, 3.05) is 5.32 Å². The smallest absolute Gasteiger partial charge is 0.234 e. The molecule has 1 heterocycles. The van der Waals surface area contributed by atoms with E-state index in [0.717, 1.165) is 27.7 Å². The van der Waals surface area contributed by atoms with E-state index in [9.17, 15) is 4.79 Å². The van der Waals surface area contributed by atoms with Crippen LogP contribution in [0.3, 0.4) is 0 Å². The first-order chi connectivity index (χ1) is 10.9. The van der Waals surface area contributed by atoms with E-state index in [2.05, 4.69) is 10.3 Å². The maximum atomic E-state index is 12.9. The van der Waals surface area contributed by atoms with Gasteiger partial charge in [-0.3, -0.25) is 4.79 Å². The fraction of sp³-hybridized carbons (Fsp3) is 0.211. The molecule has 3 nitrogen and oxygen atoms in total. The number of para-hydroxylation sites is 1. The van der Waals surface area contributed by atoms with E-state index >= 15 is 0 Å². The number of hydrogen-bond acceptors (Lipinski definition) is 1. The summed E-state index contributed by atoms with van der Waals surface area (Å²) in [5.41, 5.74) is 3.09. The maximum absolute atomic E-state index is 12.9. The number of rotatable bonds is 3. The molecule has 1 amide bonds. The molecule has 0 spiro atoms. The number of H-pyrrole nitrogens is 1. The average Bonchev–Trinajstić information content (AvgIpc) is 2.93. The summed E-state index contributed by atoms with van der Waals surface area (Å²) in [5, 5.41) is 4.67. The summed E-state index contributed by atoms with van der Waals surface area (Å²) < 4.78 is 0. The van der Waals surface area contributed by atoms with Crippen LogP contribution in [-0.2, 0) is 10.2 Å². The molecular weight excluding hydrogens is 308 g/mol. The van der Waals surface area contributed by atoms with E-state index in [1.54, 1.807) is 0 Å². The van der Waals surface area contributed by atoms with Gasteiger partial charge in [0.1, 0.15) is 0 Å². The van der Waals surface area contributed by atoms with Crippen LogP contribution in [0.4, 0.5) is 5.69 Å². The molecule has 0 fully saturated rings. The quantitative estimate of drug-likeness (QED) is 0.695. The molecule has 4 heteroatoms. The molecule has 0 unspecified atom stereocenters. The van der Waals surface area contributed by atoms with Crippen LogP contribution in [0.25, 0.3) is 10.9 Å². The number of benzene rings is 2. The Balaban J connectivity index is 1.98. The molecule has 0 saturated carbocycles. The van der Waals surface area contributed by atoms with Crippen molar-refractivity contribution in [3.63, 3.8) is 0 Å². The first kappa shape index (κ1) is 15.6. The van der Waals surface area contributed by atoms with Gasteiger partial charge in [-0.15, -0.1) is 0 Å². The number of carbonyl (C=O) groups is 1. The standard InChI is InChI=1S/C19H19ClN2O/c1-12-6-4-5-7-16(12)22-18(23)19(2,3)15-11-21-17-9-8-13(20)10-14(15)17/h4-11,21H,1-3H3,(H,22,23). The fourth-order valence-electron chi connectivity index (χ4n) is 2.72. The zero-order chi connectivity index (χ0) is 16.6. The summed E-state index contributed by atoms with van der Waals surface area (Å²) in [6.45, 7) is 5.82. The highest BCUT2D eigenvalue weighted by molar-refractivity contribution is 6.31. The van der Waals surface area contributed by atoms with Gasteiger partial charge in [-0.25, -0.2) is 0 Å². The number of nitrogens with one attached hydrogen (secondary N) is 2. The van der Waals surface area contributed by atoms with Gasteiger partial charge in [-0.1, -0.05) is 29.8 Å². The highest BCUT2D eigenvalue weighted by Crippen LogP contribution is 2.33. The van der Waals surface area contributed by atoms with Crippen LogP contribution in [0.2, 0.25) is 5.02 Å². The molecule has 0 bridgehead atoms. The normalized spacial score (nSPS) is 11.7. The number of hydrogen-bond donors (Lipinski definition) is 2. The average molecular weight is 327 g/mol. The molecule has 0 aliphatic carbocycles. The van der Waals surface area contributed by atoms with Gasteiger partial charge in [0.05, 0.1) is 5.41 Å². The monoisotopic (exact) mass is 326 g/mol. The summed E-state index contributed by atoms with van der Waals surface area (Å²) >= 11 is 6.11. The largest absolute Gasteiger partial charge is 0.361 e. The Morgan fingerprint density at radius 3 is 2.65 bits per heavy atom. The van der Waals surface area contributed by atoms with Crippen LogP contribution in [0.15, 0.2) is 48.7 Å². The van der Waals surface area contributed by atoms with Gasteiger partial charge in [0, 0.05) is 27.8 Å². The molecule has 2 N–H and O–H groups in total. The minimum absolute atomic E-state index is 0.0484. The number of aromatic amines is 1. The molecule has 118 valence electrons. The SMILES string of the molecule is Cc1ccccc1NC(=O)C(C)(C)c1c[nH]c2ccc(Cl)cc12. The van der Waals surface area contributed by atoms with Gasteiger partial charge in [-0.2, -0.15) is 0 Å². The van der Waals surface area contributed by atoms with E-state index in [1.165, 1.54) is 0 Å². The van der Waals surface area contributed by atoms with Crippen molar-refractivity contribution in [1.82, 2.24) is 4.98 Å². The lowest BCUT2D eigenvalue weighted by atomic mass is 9.83. The second-order valence-electron chi connectivity index (χ2n) is 6.29. The van der Waals surface area contributed by atoms with Gasteiger partial charge in [0.25, 0.3) is 0 Å². The van der Waals surface area contributed by atoms with Gasteiger partial charge in [-0.05, 0) is 56.2 Å². The van der Waals surface area contributed by atoms with Crippen molar-refractivity contribution in [3.05, 3.63) is 64.8 Å². The van der Waals surface area contributed by atoms with Crippen LogP contribution < -0.4 is 5.32 Å². The summed E-state index contributed by atoms with van der Waals surface area (Å²) in [7, 11) is 0. The van der Waals surface area contributed by atoms with E-state index in [4.69, 9.17) is 11.6 Å². The Bertz CT molecular complexity index is 880. The summed E-state index contributed by atoms with van der Waals surface area (Å²) in [6, 6.07) is 13.4. The van der Waals surface area contributed by atoms with Crippen molar-refractivity contribution < 1.29 is 4.79 Å². The molecule has 0 saturated heterocycles. The van der Waals surface area contributed by atoms with Crippen LogP contribution in [0.1, 0.15) is 25.0 Å². The summed E-state index contributed by atoms with van der Waals surface area (Å²) in [5.74, 6) is -0.0484. The molecule has 23 heavy (non-hydrogen) atoms. The van der Waals surface area contributed by atoms with Crippen molar-refractivity contribution in [2.24, 2.45) is 0 Å². The summed E-state index contributed by atoms with van der Waals surface area (Å²) in [4.78, 5) is 16.1. The molecule has 3 aromatic rings. The Hall–Kier alpha value is -2.26. The number of aryl methyl sites for hydroxylation is 1. The van der Waals surface area contributed by atoms with Gasteiger partial charge < -0.3 is 10.3 Å². The summed E-state index contributed by atoms with van der Waals surface area (Å²) in [6.07, 6.45) is 1.89. The Labute approximate surface area is 140 Å². The first-order valence-corrected chi connectivity index (χ1v) is 7.91. The van der Waals surface area contributed by atoms with E-state index in [-0.39, 0.29) is 5.91 Å². The van der Waals surface area contributed by atoms with Crippen LogP contribution in [-0.4, -0.2) is 10.9 Å². The minimum Gasteiger partial charge on any atom is -0.361 e. The third-order valence-corrected chi connectivity index (χ3v) is 4.51. The Morgan fingerprint density at radius 1 is 1.17 bits per heavy atom. The van der Waals surface area contributed by atoms with E-state index in [1.807, 2.05) is 69.4 Å².